The Balaban J connectivity index is 1.73. The standard InChI is InChI=1S/C17H11ClFNO6/c18-12-2-1-3-13(19)11(12)8-24-17(21)5-4-10-6-15-16(26-9-25-15)7-14(10)20(22)23/h1-7H,8-9H2/b5-4+. The maximum absolute atomic E-state index is 13.6. The average molecular weight is 380 g/mol. The third-order valence-electron chi connectivity index (χ3n) is 3.54. The van der Waals surface area contributed by atoms with E-state index in [1.165, 1.54) is 36.4 Å². The largest absolute Gasteiger partial charge is 0.457 e. The SMILES string of the molecule is O=C(/C=C/c1cc2c(cc1[N+](=O)[O-])OCO2)OCc1c(F)cccc1Cl. The molecule has 134 valence electrons. The smallest absolute Gasteiger partial charge is 0.331 e. The van der Waals surface area contributed by atoms with Crippen molar-refractivity contribution in [1.82, 2.24) is 0 Å². The predicted molar refractivity (Wildman–Crippen MR) is 89.5 cm³/mol. The Morgan fingerprint density at radius 3 is 2.77 bits per heavy atom. The number of esters is 1. The second kappa shape index (κ2) is 7.40. The molecule has 7 nitrogen and oxygen atoms in total. The molecule has 0 aliphatic carbocycles. The maximum Gasteiger partial charge on any atom is 0.331 e. The number of hydrogen-bond donors (Lipinski definition) is 0. The molecule has 1 heterocycles. The monoisotopic (exact) mass is 379 g/mol. The van der Waals surface area contributed by atoms with Crippen molar-refractivity contribution in [1.29, 1.82) is 0 Å². The van der Waals surface area contributed by atoms with Gasteiger partial charge in [-0.05, 0) is 24.3 Å². The molecule has 0 bridgehead atoms. The number of halogens is 2. The molecule has 0 N–H and O–H groups in total. The molecule has 1 aliphatic rings. The molecule has 9 heteroatoms. The van der Waals surface area contributed by atoms with E-state index < -0.39 is 16.7 Å². The lowest BCUT2D eigenvalue weighted by Gasteiger charge is -2.06. The van der Waals surface area contributed by atoms with E-state index >= 15 is 0 Å². The summed E-state index contributed by atoms with van der Waals surface area (Å²) < 4.78 is 28.8. The van der Waals surface area contributed by atoms with Gasteiger partial charge in [-0.1, -0.05) is 17.7 Å². The van der Waals surface area contributed by atoms with E-state index in [1.807, 2.05) is 0 Å². The summed E-state index contributed by atoms with van der Waals surface area (Å²) in [5, 5.41) is 11.3. The summed E-state index contributed by atoms with van der Waals surface area (Å²) in [5.74, 6) is -0.815. The van der Waals surface area contributed by atoms with Crippen LogP contribution in [0, 0.1) is 15.9 Å². The Bertz CT molecular complexity index is 894. The number of nitro groups is 1. The van der Waals surface area contributed by atoms with Crippen LogP contribution in [-0.2, 0) is 16.1 Å². The van der Waals surface area contributed by atoms with E-state index in [4.69, 9.17) is 25.8 Å². The van der Waals surface area contributed by atoms with Gasteiger partial charge in [0.2, 0.25) is 6.79 Å². The first-order valence-electron chi connectivity index (χ1n) is 7.31. The van der Waals surface area contributed by atoms with Crippen molar-refractivity contribution in [2.45, 2.75) is 6.61 Å². The Morgan fingerprint density at radius 2 is 2.08 bits per heavy atom. The third-order valence-corrected chi connectivity index (χ3v) is 3.89. The zero-order chi connectivity index (χ0) is 18.7. The Labute approximate surface area is 151 Å². The summed E-state index contributed by atoms with van der Waals surface area (Å²) in [6.45, 7) is -0.400. The highest BCUT2D eigenvalue weighted by atomic mass is 35.5. The predicted octanol–water partition coefficient (Wildman–Crippen LogP) is 3.87. The zero-order valence-electron chi connectivity index (χ0n) is 13.1. The van der Waals surface area contributed by atoms with Crippen molar-refractivity contribution >= 4 is 29.3 Å². The zero-order valence-corrected chi connectivity index (χ0v) is 13.9. The molecule has 0 fully saturated rings. The maximum atomic E-state index is 13.6. The normalized spacial score (nSPS) is 12.4. The van der Waals surface area contributed by atoms with Crippen LogP contribution in [0.25, 0.3) is 6.08 Å². The fourth-order valence-corrected chi connectivity index (χ4v) is 2.48. The third kappa shape index (κ3) is 3.75. The minimum absolute atomic E-state index is 0.0366. The van der Waals surface area contributed by atoms with Crippen molar-refractivity contribution in [3.8, 4) is 11.5 Å². The molecule has 0 atom stereocenters. The molecule has 3 rings (SSSR count). The number of fused-ring (bicyclic) bond motifs is 1. The highest BCUT2D eigenvalue weighted by Crippen LogP contribution is 2.38. The number of hydrogen-bond acceptors (Lipinski definition) is 6. The van der Waals surface area contributed by atoms with Crippen LogP contribution < -0.4 is 9.47 Å². The van der Waals surface area contributed by atoms with E-state index in [1.54, 1.807) is 0 Å². The highest BCUT2D eigenvalue weighted by Gasteiger charge is 2.22. The van der Waals surface area contributed by atoms with Gasteiger partial charge in [-0.2, -0.15) is 0 Å². The minimum atomic E-state index is -0.809. The Kier molecular flexibility index (Phi) is 5.04. The number of nitro benzene ring substituents is 1. The molecule has 2 aromatic rings. The van der Waals surface area contributed by atoms with E-state index in [9.17, 15) is 19.3 Å². The number of ether oxygens (including phenoxy) is 3. The van der Waals surface area contributed by atoms with E-state index in [0.29, 0.717) is 5.75 Å². The van der Waals surface area contributed by atoms with Gasteiger partial charge in [-0.3, -0.25) is 10.1 Å². The topological polar surface area (TPSA) is 87.9 Å². The summed E-state index contributed by atoms with van der Waals surface area (Å²) in [7, 11) is 0. The van der Waals surface area contributed by atoms with Gasteiger partial charge in [0.1, 0.15) is 12.4 Å². The van der Waals surface area contributed by atoms with Gasteiger partial charge >= 0.3 is 5.97 Å². The molecule has 0 amide bonds. The second-order valence-electron chi connectivity index (χ2n) is 5.16. The number of carbonyl (C=O) groups excluding carboxylic acids is 1. The Morgan fingerprint density at radius 1 is 1.35 bits per heavy atom. The molecule has 0 saturated heterocycles. The molecule has 0 spiro atoms. The molecular formula is C17H11ClFNO6. The molecule has 26 heavy (non-hydrogen) atoms. The van der Waals surface area contributed by atoms with Crippen molar-refractivity contribution in [2.24, 2.45) is 0 Å². The van der Waals surface area contributed by atoms with Gasteiger partial charge in [0.25, 0.3) is 5.69 Å². The number of benzene rings is 2. The van der Waals surface area contributed by atoms with Crippen LogP contribution in [0.5, 0.6) is 11.5 Å². The van der Waals surface area contributed by atoms with Crippen LogP contribution in [-0.4, -0.2) is 17.7 Å². The first-order chi connectivity index (χ1) is 12.5. The summed E-state index contributed by atoms with van der Waals surface area (Å²) in [6.07, 6.45) is 2.21. The van der Waals surface area contributed by atoms with Crippen LogP contribution >= 0.6 is 11.6 Å². The average Bonchev–Trinajstić information content (AvgIpc) is 3.06. The van der Waals surface area contributed by atoms with Gasteiger partial charge < -0.3 is 14.2 Å². The molecule has 0 radical (unpaired) electrons. The molecule has 0 saturated carbocycles. The second-order valence-corrected chi connectivity index (χ2v) is 5.57. The molecule has 1 aliphatic heterocycles. The fourth-order valence-electron chi connectivity index (χ4n) is 2.26. The van der Waals surface area contributed by atoms with Gasteiger partial charge in [-0.25, -0.2) is 9.18 Å². The van der Waals surface area contributed by atoms with Crippen molar-refractivity contribution < 1.29 is 28.3 Å². The Hall–Kier alpha value is -3.13. The van der Waals surface area contributed by atoms with Crippen molar-refractivity contribution in [3.05, 3.63) is 68.5 Å². The number of rotatable bonds is 5. The van der Waals surface area contributed by atoms with Crippen LogP contribution in [0.3, 0.4) is 0 Å². The van der Waals surface area contributed by atoms with Crippen LogP contribution in [0.1, 0.15) is 11.1 Å². The summed E-state index contributed by atoms with van der Waals surface area (Å²) >= 11 is 5.85. The van der Waals surface area contributed by atoms with Gasteiger partial charge in [0.15, 0.2) is 11.5 Å². The van der Waals surface area contributed by atoms with Gasteiger partial charge in [0.05, 0.1) is 21.6 Å². The van der Waals surface area contributed by atoms with Crippen molar-refractivity contribution in [2.75, 3.05) is 6.79 Å². The van der Waals surface area contributed by atoms with Crippen LogP contribution in [0.2, 0.25) is 5.02 Å². The van der Waals surface area contributed by atoms with Gasteiger partial charge in [0, 0.05) is 11.6 Å². The first-order valence-corrected chi connectivity index (χ1v) is 7.69. The fraction of sp³-hybridized carbons (Fsp3) is 0.118. The molecule has 0 aromatic heterocycles. The van der Waals surface area contributed by atoms with E-state index in [-0.39, 0.29) is 41.0 Å². The highest BCUT2D eigenvalue weighted by molar-refractivity contribution is 6.31. The number of nitrogens with zero attached hydrogens (tertiary/aromatic N) is 1. The summed E-state index contributed by atoms with van der Waals surface area (Å²) in [6, 6.07) is 6.70. The summed E-state index contributed by atoms with van der Waals surface area (Å²) in [4.78, 5) is 22.4. The number of carbonyl (C=O) groups is 1. The summed E-state index contributed by atoms with van der Waals surface area (Å²) in [5.41, 5.74) is -0.0689. The van der Waals surface area contributed by atoms with Crippen LogP contribution in [0.4, 0.5) is 10.1 Å². The molecular weight excluding hydrogens is 369 g/mol. The minimum Gasteiger partial charge on any atom is -0.457 e. The lowest BCUT2D eigenvalue weighted by molar-refractivity contribution is -0.385. The quantitative estimate of drug-likeness (QED) is 0.339. The first kappa shape index (κ1) is 17.7. The van der Waals surface area contributed by atoms with Crippen molar-refractivity contribution in [3.63, 3.8) is 0 Å². The molecule has 2 aromatic carbocycles. The van der Waals surface area contributed by atoms with E-state index in [2.05, 4.69) is 0 Å². The lowest BCUT2D eigenvalue weighted by Crippen LogP contribution is -2.03. The van der Waals surface area contributed by atoms with Gasteiger partial charge in [-0.15, -0.1) is 0 Å². The molecule has 0 unspecified atom stereocenters. The van der Waals surface area contributed by atoms with E-state index in [0.717, 1.165) is 6.08 Å². The van der Waals surface area contributed by atoms with Crippen LogP contribution in [0.15, 0.2) is 36.4 Å². The lowest BCUT2D eigenvalue weighted by atomic mass is 10.1.